The molecule has 1 radical (unpaired) electrons. The summed E-state index contributed by atoms with van der Waals surface area (Å²) in [7, 11) is 1.80. The van der Waals surface area contributed by atoms with Gasteiger partial charge >= 0.3 is 0 Å². The largest absolute Gasteiger partial charge is 0.381 e. The maximum atomic E-state index is 11.6. The van der Waals surface area contributed by atoms with Gasteiger partial charge in [0.25, 0.3) is 0 Å². The first-order valence-electron chi connectivity index (χ1n) is 4.37. The van der Waals surface area contributed by atoms with Crippen molar-refractivity contribution >= 4 is 5.91 Å². The number of amides is 1. The van der Waals surface area contributed by atoms with Gasteiger partial charge in [-0.3, -0.25) is 4.79 Å². The Morgan fingerprint density at radius 2 is 2.17 bits per heavy atom. The van der Waals surface area contributed by atoms with Gasteiger partial charge in [0.15, 0.2) is 0 Å². The summed E-state index contributed by atoms with van der Waals surface area (Å²) in [6.07, 6.45) is 1.73. The third-order valence-electron chi connectivity index (χ3n) is 2.28. The molecule has 0 aromatic rings. The van der Waals surface area contributed by atoms with Gasteiger partial charge in [0.1, 0.15) is 0 Å². The van der Waals surface area contributed by atoms with E-state index in [-0.39, 0.29) is 11.8 Å². The average Bonchev–Trinajstić information content (AvgIpc) is 2.17. The lowest BCUT2D eigenvalue weighted by Crippen LogP contribution is -2.35. The van der Waals surface area contributed by atoms with Crippen LogP contribution in [-0.4, -0.2) is 37.6 Å². The summed E-state index contributed by atoms with van der Waals surface area (Å²) in [5.74, 6) is 0.388. The van der Waals surface area contributed by atoms with Crippen LogP contribution in [0.25, 0.3) is 0 Å². The number of hydrogen-bond acceptors (Lipinski definition) is 2. The molecule has 0 unspecified atom stereocenters. The van der Waals surface area contributed by atoms with Crippen molar-refractivity contribution in [3.05, 3.63) is 6.92 Å². The van der Waals surface area contributed by atoms with Gasteiger partial charge in [-0.05, 0) is 19.8 Å². The summed E-state index contributed by atoms with van der Waals surface area (Å²) in [4.78, 5) is 13.2. The van der Waals surface area contributed by atoms with E-state index in [2.05, 4.69) is 6.92 Å². The number of hydrogen-bond donors (Lipinski definition) is 0. The molecule has 0 aromatic carbocycles. The predicted octanol–water partition coefficient (Wildman–Crippen LogP) is 0.705. The topological polar surface area (TPSA) is 29.5 Å². The van der Waals surface area contributed by atoms with E-state index in [0.717, 1.165) is 26.1 Å². The van der Waals surface area contributed by atoms with Crippen LogP contribution in [0.15, 0.2) is 0 Å². The minimum absolute atomic E-state index is 0.172. The summed E-state index contributed by atoms with van der Waals surface area (Å²) < 4.78 is 5.18. The molecule has 0 aromatic heterocycles. The number of nitrogens with zero attached hydrogens (tertiary/aromatic N) is 1. The van der Waals surface area contributed by atoms with Crippen LogP contribution >= 0.6 is 0 Å². The van der Waals surface area contributed by atoms with E-state index in [1.165, 1.54) is 0 Å². The van der Waals surface area contributed by atoms with E-state index in [4.69, 9.17) is 4.74 Å². The number of rotatable bonds is 2. The molecule has 3 nitrogen and oxygen atoms in total. The van der Waals surface area contributed by atoms with Crippen LogP contribution in [0.2, 0.25) is 0 Å². The molecular formula is C9H16NO2. The number of carbonyl (C=O) groups excluding carboxylic acids is 1. The van der Waals surface area contributed by atoms with Gasteiger partial charge in [-0.1, -0.05) is 0 Å². The van der Waals surface area contributed by atoms with E-state index >= 15 is 0 Å². The highest BCUT2D eigenvalue weighted by Crippen LogP contribution is 2.16. The molecular weight excluding hydrogens is 154 g/mol. The monoisotopic (exact) mass is 170 g/mol. The van der Waals surface area contributed by atoms with E-state index in [0.29, 0.717) is 6.54 Å². The molecule has 1 fully saturated rings. The van der Waals surface area contributed by atoms with E-state index in [1.54, 1.807) is 11.9 Å². The molecule has 0 aliphatic carbocycles. The normalized spacial score (nSPS) is 19.2. The molecule has 0 bridgehead atoms. The zero-order chi connectivity index (χ0) is 8.97. The molecule has 12 heavy (non-hydrogen) atoms. The highest BCUT2D eigenvalue weighted by molar-refractivity contribution is 5.78. The minimum Gasteiger partial charge on any atom is -0.381 e. The van der Waals surface area contributed by atoms with Gasteiger partial charge < -0.3 is 9.64 Å². The first-order chi connectivity index (χ1) is 5.75. The summed E-state index contributed by atoms with van der Waals surface area (Å²) in [6, 6.07) is 0. The summed E-state index contributed by atoms with van der Waals surface area (Å²) >= 11 is 0. The first-order valence-corrected chi connectivity index (χ1v) is 4.37. The smallest absolute Gasteiger partial charge is 0.225 e. The number of carbonyl (C=O) groups is 1. The molecule has 1 aliphatic rings. The van der Waals surface area contributed by atoms with Crippen molar-refractivity contribution in [1.29, 1.82) is 0 Å². The van der Waals surface area contributed by atoms with Crippen molar-refractivity contribution in [2.45, 2.75) is 12.8 Å². The molecule has 69 valence electrons. The fourth-order valence-corrected chi connectivity index (χ4v) is 1.37. The van der Waals surface area contributed by atoms with Crippen molar-refractivity contribution in [3.63, 3.8) is 0 Å². The average molecular weight is 170 g/mol. The van der Waals surface area contributed by atoms with Crippen LogP contribution < -0.4 is 0 Å². The van der Waals surface area contributed by atoms with Gasteiger partial charge in [0.05, 0.1) is 0 Å². The van der Waals surface area contributed by atoms with Gasteiger partial charge in [0, 0.05) is 32.7 Å². The Labute approximate surface area is 73.7 Å². The lowest BCUT2D eigenvalue weighted by molar-refractivity contribution is -0.136. The van der Waals surface area contributed by atoms with Gasteiger partial charge in [-0.2, -0.15) is 0 Å². The quantitative estimate of drug-likeness (QED) is 0.610. The predicted molar refractivity (Wildman–Crippen MR) is 46.5 cm³/mol. The standard InChI is InChI=1S/C9H16NO2/c1-3-10(2)9(11)8-4-6-12-7-5-8/h8H,1,3-7H2,2H3. The van der Waals surface area contributed by atoms with Crippen molar-refractivity contribution < 1.29 is 9.53 Å². The second-order valence-corrected chi connectivity index (χ2v) is 3.15. The molecule has 0 spiro atoms. The van der Waals surface area contributed by atoms with Gasteiger partial charge in [0.2, 0.25) is 5.91 Å². The summed E-state index contributed by atoms with van der Waals surface area (Å²) in [6.45, 7) is 5.67. The van der Waals surface area contributed by atoms with Gasteiger partial charge in [-0.15, -0.1) is 0 Å². The van der Waals surface area contributed by atoms with Crippen molar-refractivity contribution in [1.82, 2.24) is 4.90 Å². The Morgan fingerprint density at radius 1 is 1.58 bits per heavy atom. The van der Waals surface area contributed by atoms with Crippen LogP contribution in [-0.2, 0) is 9.53 Å². The molecule has 0 N–H and O–H groups in total. The van der Waals surface area contributed by atoms with E-state index in [1.807, 2.05) is 0 Å². The first kappa shape index (κ1) is 9.52. The molecule has 0 atom stereocenters. The molecule has 1 rings (SSSR count). The lowest BCUT2D eigenvalue weighted by atomic mass is 9.99. The van der Waals surface area contributed by atoms with Crippen LogP contribution in [0.3, 0.4) is 0 Å². The molecule has 0 saturated carbocycles. The molecule has 1 heterocycles. The summed E-state index contributed by atoms with van der Waals surface area (Å²) in [5.41, 5.74) is 0. The van der Waals surface area contributed by atoms with Crippen molar-refractivity contribution in [2.24, 2.45) is 5.92 Å². The van der Waals surface area contributed by atoms with E-state index in [9.17, 15) is 4.79 Å². The SMILES string of the molecule is [CH2]CN(C)C(=O)C1CCOCC1. The van der Waals surface area contributed by atoms with Crippen LogP contribution in [0.5, 0.6) is 0 Å². The highest BCUT2D eigenvalue weighted by atomic mass is 16.5. The zero-order valence-electron chi connectivity index (χ0n) is 7.58. The lowest BCUT2D eigenvalue weighted by Gasteiger charge is -2.25. The Balaban J connectivity index is 2.39. The minimum atomic E-state index is 0.172. The molecule has 1 aliphatic heterocycles. The van der Waals surface area contributed by atoms with Crippen molar-refractivity contribution in [2.75, 3.05) is 26.8 Å². The Kier molecular flexibility index (Phi) is 3.53. The third kappa shape index (κ3) is 2.21. The Morgan fingerprint density at radius 3 is 2.67 bits per heavy atom. The maximum Gasteiger partial charge on any atom is 0.225 e. The highest BCUT2D eigenvalue weighted by Gasteiger charge is 2.23. The van der Waals surface area contributed by atoms with E-state index < -0.39 is 0 Å². The molecule has 1 saturated heterocycles. The molecule has 1 amide bonds. The molecule has 3 heteroatoms. The Hall–Kier alpha value is -0.570. The van der Waals surface area contributed by atoms with Crippen LogP contribution in [0.1, 0.15) is 12.8 Å². The van der Waals surface area contributed by atoms with Crippen molar-refractivity contribution in [3.8, 4) is 0 Å². The zero-order valence-corrected chi connectivity index (χ0v) is 7.58. The van der Waals surface area contributed by atoms with Gasteiger partial charge in [-0.25, -0.2) is 0 Å². The second-order valence-electron chi connectivity index (χ2n) is 3.15. The Bertz CT molecular complexity index is 153. The number of ether oxygens (including phenoxy) is 1. The van der Waals surface area contributed by atoms with Crippen LogP contribution in [0.4, 0.5) is 0 Å². The third-order valence-corrected chi connectivity index (χ3v) is 2.28. The maximum absolute atomic E-state index is 11.6. The van der Waals surface area contributed by atoms with Crippen LogP contribution in [0, 0.1) is 12.8 Å². The fourth-order valence-electron chi connectivity index (χ4n) is 1.37. The second kappa shape index (κ2) is 4.45. The summed E-state index contributed by atoms with van der Waals surface area (Å²) in [5, 5.41) is 0. The fraction of sp³-hybridized carbons (Fsp3) is 0.778.